The summed E-state index contributed by atoms with van der Waals surface area (Å²) < 4.78 is 12.8. The second-order valence-corrected chi connectivity index (χ2v) is 9.54. The van der Waals surface area contributed by atoms with Crippen molar-refractivity contribution in [1.82, 2.24) is 24.6 Å². The van der Waals surface area contributed by atoms with Crippen molar-refractivity contribution >= 4 is 34.8 Å². The van der Waals surface area contributed by atoms with Gasteiger partial charge in [0, 0.05) is 61.5 Å². The minimum atomic E-state index is -0.659. The van der Waals surface area contributed by atoms with Gasteiger partial charge in [0.25, 0.3) is 0 Å². The highest BCUT2D eigenvalue weighted by Gasteiger charge is 2.25. The van der Waals surface area contributed by atoms with Crippen LogP contribution in [0.3, 0.4) is 0 Å². The maximum atomic E-state index is 11.2. The predicted molar refractivity (Wildman–Crippen MR) is 152 cm³/mol. The molecule has 0 radical (unpaired) electrons. The molecule has 1 fully saturated rings. The number of likely N-dealkylation sites (tertiary alicyclic amines) is 1. The first-order valence-corrected chi connectivity index (χ1v) is 12.5. The van der Waals surface area contributed by atoms with E-state index in [1.165, 1.54) is 0 Å². The Morgan fingerprint density at radius 2 is 1.87 bits per heavy atom. The Kier molecular flexibility index (Phi) is 8.86. The summed E-state index contributed by atoms with van der Waals surface area (Å²) in [6.07, 6.45) is 5.59. The minimum Gasteiger partial charge on any atom is -0.497 e. The fourth-order valence-corrected chi connectivity index (χ4v) is 4.84. The number of nitrogens with zero attached hydrogens (tertiary/aromatic N) is 7. The molecule has 1 aliphatic heterocycles. The topological polar surface area (TPSA) is 113 Å². The van der Waals surface area contributed by atoms with E-state index >= 15 is 0 Å². The Morgan fingerprint density at radius 1 is 1.10 bits per heavy atom. The number of β-amino-alcohol motifs (C(OH)–C–C–N with tert-alkyl or cyclic N) is 1. The maximum absolute atomic E-state index is 11.2. The van der Waals surface area contributed by atoms with Crippen LogP contribution in [0, 0.1) is 17.2 Å². The number of rotatable bonds is 9. The van der Waals surface area contributed by atoms with Crippen molar-refractivity contribution in [3.63, 3.8) is 0 Å². The first-order chi connectivity index (χ1) is 18.4. The van der Waals surface area contributed by atoms with Crippen LogP contribution < -0.4 is 14.4 Å². The number of aliphatic hydroxyl groups is 1. The molecule has 0 saturated carbocycles. The Morgan fingerprint density at radius 3 is 2.51 bits per heavy atom. The molecule has 1 N–H and O–H groups in total. The summed E-state index contributed by atoms with van der Waals surface area (Å²) in [6, 6.07) is 13.9. The highest BCUT2D eigenvalue weighted by molar-refractivity contribution is 5.85. The van der Waals surface area contributed by atoms with Crippen LogP contribution >= 0.6 is 12.4 Å². The summed E-state index contributed by atoms with van der Waals surface area (Å²) in [5.41, 5.74) is 4.78. The lowest BCUT2D eigenvalue weighted by atomic mass is 10.1. The molecule has 3 heterocycles. The Hall–Kier alpha value is -3.91. The summed E-state index contributed by atoms with van der Waals surface area (Å²) in [7, 11) is 5.09. The van der Waals surface area contributed by atoms with Gasteiger partial charge in [-0.25, -0.2) is 4.98 Å². The Labute approximate surface area is 233 Å². The van der Waals surface area contributed by atoms with Crippen molar-refractivity contribution in [2.24, 2.45) is 13.0 Å². The number of hydrogen-bond acceptors (Lipinski definition) is 9. The molecule has 2 aromatic heterocycles. The van der Waals surface area contributed by atoms with E-state index in [0.29, 0.717) is 31.1 Å². The molecule has 2 atom stereocenters. The van der Waals surface area contributed by atoms with Gasteiger partial charge in [-0.05, 0) is 31.2 Å². The van der Waals surface area contributed by atoms with Gasteiger partial charge < -0.3 is 19.5 Å². The molecule has 0 amide bonds. The zero-order chi connectivity index (χ0) is 26.6. The largest absolute Gasteiger partial charge is 0.497 e. The van der Waals surface area contributed by atoms with Gasteiger partial charge in [0.05, 0.1) is 68.0 Å². The van der Waals surface area contributed by atoms with Crippen LogP contribution in [-0.2, 0) is 7.05 Å². The SMILES string of the molecule is COc1cc(OC)cc(N(C[C@H](O)CN2CC[C@H](C#N)C2)c2ccc3ncc(-c4cnn(C)c4)nc3c2)c1.Cl. The average Bonchev–Trinajstić information content (AvgIpc) is 3.59. The molecule has 1 saturated heterocycles. The number of nitriles is 1. The summed E-state index contributed by atoms with van der Waals surface area (Å²) in [5.74, 6) is 1.32. The van der Waals surface area contributed by atoms with Crippen molar-refractivity contribution < 1.29 is 14.6 Å². The maximum Gasteiger partial charge on any atom is 0.124 e. The van der Waals surface area contributed by atoms with Gasteiger partial charge in [0.15, 0.2) is 0 Å². The number of halogens is 1. The molecule has 0 bridgehead atoms. The standard InChI is InChI=1S/C28H31N7O3.ClH/c1-33-16-20(13-31-33)28-14-30-26-5-4-21(10-27(26)32-28)35(22-8-24(37-2)11-25(9-22)38-3)18-23(36)17-34-7-6-19(12-29)15-34;/h4-5,8-11,13-14,16,19,23,36H,6-7,15,17-18H2,1-3H3;1H/t19-,23-;/m1./s1. The summed E-state index contributed by atoms with van der Waals surface area (Å²) in [4.78, 5) is 13.6. The molecule has 4 aromatic rings. The summed E-state index contributed by atoms with van der Waals surface area (Å²) >= 11 is 0. The smallest absolute Gasteiger partial charge is 0.124 e. The normalized spacial score (nSPS) is 15.9. The quantitative estimate of drug-likeness (QED) is 0.333. The van der Waals surface area contributed by atoms with Gasteiger partial charge >= 0.3 is 0 Å². The molecular weight excluding hydrogens is 518 g/mol. The lowest BCUT2D eigenvalue weighted by Crippen LogP contribution is -2.38. The molecule has 0 unspecified atom stereocenters. The number of aromatic nitrogens is 4. The number of fused-ring (bicyclic) bond motifs is 1. The average molecular weight is 550 g/mol. The van der Waals surface area contributed by atoms with Crippen LogP contribution in [0.15, 0.2) is 55.0 Å². The van der Waals surface area contributed by atoms with E-state index in [-0.39, 0.29) is 18.3 Å². The first kappa shape index (κ1) is 28.1. The number of aliphatic hydroxyl groups excluding tert-OH is 1. The predicted octanol–water partition coefficient (Wildman–Crippen LogP) is 3.81. The first-order valence-electron chi connectivity index (χ1n) is 12.5. The molecular formula is C28H32ClN7O3. The number of methoxy groups -OCH3 is 2. The van der Waals surface area contributed by atoms with Gasteiger partial charge in [-0.3, -0.25) is 14.6 Å². The molecule has 2 aromatic carbocycles. The van der Waals surface area contributed by atoms with Crippen LogP contribution in [-0.4, -0.2) is 76.3 Å². The van der Waals surface area contributed by atoms with E-state index in [4.69, 9.17) is 14.5 Å². The lowest BCUT2D eigenvalue weighted by Gasteiger charge is -2.30. The zero-order valence-corrected chi connectivity index (χ0v) is 23.0. The molecule has 39 heavy (non-hydrogen) atoms. The molecule has 11 heteroatoms. The molecule has 204 valence electrons. The van der Waals surface area contributed by atoms with Crippen LogP contribution in [0.25, 0.3) is 22.3 Å². The lowest BCUT2D eigenvalue weighted by molar-refractivity contribution is 0.130. The van der Waals surface area contributed by atoms with Crippen molar-refractivity contribution in [2.45, 2.75) is 12.5 Å². The van der Waals surface area contributed by atoms with Gasteiger partial charge in [-0.2, -0.15) is 10.4 Å². The molecule has 1 aliphatic rings. The van der Waals surface area contributed by atoms with Crippen molar-refractivity contribution in [1.29, 1.82) is 5.26 Å². The highest BCUT2D eigenvalue weighted by atomic mass is 35.5. The third kappa shape index (κ3) is 6.40. The van der Waals surface area contributed by atoms with Gasteiger partial charge in [0.2, 0.25) is 0 Å². The zero-order valence-electron chi connectivity index (χ0n) is 22.2. The number of aryl methyl sites for hydroxylation is 1. The summed E-state index contributed by atoms with van der Waals surface area (Å²) in [5, 5.41) is 24.7. The minimum absolute atomic E-state index is 0. The van der Waals surface area contributed by atoms with Crippen molar-refractivity contribution in [2.75, 3.05) is 45.3 Å². The molecule has 0 spiro atoms. The van der Waals surface area contributed by atoms with Crippen LogP contribution in [0.1, 0.15) is 6.42 Å². The van der Waals surface area contributed by atoms with E-state index < -0.39 is 6.10 Å². The van der Waals surface area contributed by atoms with E-state index in [0.717, 1.165) is 46.6 Å². The van der Waals surface area contributed by atoms with Gasteiger partial charge in [-0.1, -0.05) is 0 Å². The highest BCUT2D eigenvalue weighted by Crippen LogP contribution is 2.34. The van der Waals surface area contributed by atoms with E-state index in [9.17, 15) is 10.4 Å². The van der Waals surface area contributed by atoms with E-state index in [2.05, 4.69) is 21.1 Å². The number of benzene rings is 2. The second kappa shape index (κ2) is 12.3. The number of anilines is 2. The molecule has 10 nitrogen and oxygen atoms in total. The monoisotopic (exact) mass is 549 g/mol. The third-order valence-corrected chi connectivity index (χ3v) is 6.80. The third-order valence-electron chi connectivity index (χ3n) is 6.80. The Bertz CT molecular complexity index is 1450. The number of hydrogen-bond donors (Lipinski definition) is 1. The van der Waals surface area contributed by atoms with Crippen LogP contribution in [0.2, 0.25) is 0 Å². The number of ether oxygens (including phenoxy) is 2. The fourth-order valence-electron chi connectivity index (χ4n) is 4.84. The van der Waals surface area contributed by atoms with E-state index in [1.54, 1.807) is 31.3 Å². The van der Waals surface area contributed by atoms with Gasteiger partial charge in [-0.15, -0.1) is 12.4 Å². The van der Waals surface area contributed by atoms with Crippen molar-refractivity contribution in [3.05, 3.63) is 55.0 Å². The van der Waals surface area contributed by atoms with Gasteiger partial charge in [0.1, 0.15) is 11.5 Å². The van der Waals surface area contributed by atoms with Crippen molar-refractivity contribution in [3.8, 4) is 28.8 Å². The summed E-state index contributed by atoms with van der Waals surface area (Å²) in [6.45, 7) is 2.30. The Balaban J connectivity index is 0.00000353. The molecule has 5 rings (SSSR count). The second-order valence-electron chi connectivity index (χ2n) is 9.54. The van der Waals surface area contributed by atoms with Crippen LogP contribution in [0.5, 0.6) is 11.5 Å². The van der Waals surface area contributed by atoms with E-state index in [1.807, 2.05) is 54.5 Å². The molecule has 0 aliphatic carbocycles. The fraction of sp³-hybridized carbons (Fsp3) is 0.357. The van der Waals surface area contributed by atoms with Crippen LogP contribution in [0.4, 0.5) is 11.4 Å².